The van der Waals surface area contributed by atoms with Crippen LogP contribution in [0.2, 0.25) is 0 Å². The Labute approximate surface area is 52.7 Å². The fourth-order valence-corrected chi connectivity index (χ4v) is 1.39. The largest absolute Gasteiger partial charge is 0.303 e. The molecule has 0 aromatic heterocycles. The first-order chi connectivity index (χ1) is 3.80. The zero-order chi connectivity index (χ0) is 5.98. The van der Waals surface area contributed by atoms with Crippen molar-refractivity contribution >= 4 is 22.5 Å². The molecule has 2 nitrogen and oxygen atoms in total. The van der Waals surface area contributed by atoms with Crippen LogP contribution in [0.15, 0.2) is 0 Å². The minimum absolute atomic E-state index is 0.469. The quantitative estimate of drug-likeness (QED) is 0.510. The molecule has 0 bridgehead atoms. The Morgan fingerprint density at radius 2 is 2.12 bits per heavy atom. The molecule has 0 aliphatic carbocycles. The Bertz CT molecular complexity index is 114. The summed E-state index contributed by atoms with van der Waals surface area (Å²) in [5.74, 6) is 1.03. The van der Waals surface area contributed by atoms with Crippen LogP contribution in [0.1, 0.15) is 12.8 Å². The van der Waals surface area contributed by atoms with Gasteiger partial charge in [0.1, 0.15) is 5.04 Å². The van der Waals surface area contributed by atoms with Crippen LogP contribution in [-0.4, -0.2) is 16.5 Å². The van der Waals surface area contributed by atoms with E-state index in [-0.39, 0.29) is 0 Å². The summed E-state index contributed by atoms with van der Waals surface area (Å²) in [4.78, 5) is 0. The Balaban J connectivity index is 2.52. The van der Waals surface area contributed by atoms with Crippen LogP contribution in [-0.2, 0) is 0 Å². The number of hydrogen-bond acceptors (Lipinski definition) is 3. The number of nitrogens with one attached hydrogen (secondary N) is 2. The van der Waals surface area contributed by atoms with E-state index in [1.807, 2.05) is 0 Å². The van der Waals surface area contributed by atoms with Crippen LogP contribution in [0.3, 0.4) is 0 Å². The topological polar surface area (TPSA) is 47.7 Å². The second-order valence-electron chi connectivity index (χ2n) is 1.76. The van der Waals surface area contributed by atoms with Gasteiger partial charge in [0.25, 0.3) is 0 Å². The van der Waals surface area contributed by atoms with Gasteiger partial charge in [0.2, 0.25) is 0 Å². The SMILES string of the molecule is N=C1CCCSC1=N. The standard InChI is InChI=1S/C5H8N2S/c6-4-2-1-3-8-5(4)7/h6-7H,1-3H2. The summed E-state index contributed by atoms with van der Waals surface area (Å²) in [5, 5.41) is 14.8. The first kappa shape index (κ1) is 5.82. The fourth-order valence-electron chi connectivity index (χ4n) is 0.624. The van der Waals surface area contributed by atoms with Gasteiger partial charge in [-0.3, -0.25) is 5.41 Å². The van der Waals surface area contributed by atoms with Crippen molar-refractivity contribution in [3.63, 3.8) is 0 Å². The van der Waals surface area contributed by atoms with Gasteiger partial charge in [-0.15, -0.1) is 11.8 Å². The molecule has 8 heavy (non-hydrogen) atoms. The van der Waals surface area contributed by atoms with Gasteiger partial charge in [-0.1, -0.05) is 0 Å². The molecule has 1 fully saturated rings. The Morgan fingerprint density at radius 3 is 2.50 bits per heavy atom. The highest BCUT2D eigenvalue weighted by Gasteiger charge is 2.10. The normalized spacial score (nSPS) is 21.5. The van der Waals surface area contributed by atoms with Gasteiger partial charge >= 0.3 is 0 Å². The molecule has 2 N–H and O–H groups in total. The number of hydrogen-bond donors (Lipinski definition) is 2. The van der Waals surface area contributed by atoms with E-state index in [0.717, 1.165) is 18.6 Å². The smallest absolute Gasteiger partial charge is 0.108 e. The summed E-state index contributed by atoms with van der Waals surface area (Å²) in [6, 6.07) is 0. The molecule has 0 aromatic rings. The summed E-state index contributed by atoms with van der Waals surface area (Å²) in [6.45, 7) is 0. The summed E-state index contributed by atoms with van der Waals surface area (Å²) in [5.41, 5.74) is 0.515. The molecule has 0 saturated carbocycles. The number of thioether (sulfide) groups is 1. The van der Waals surface area contributed by atoms with Gasteiger partial charge in [0, 0.05) is 0 Å². The van der Waals surface area contributed by atoms with Crippen LogP contribution in [0.5, 0.6) is 0 Å². The zero-order valence-corrected chi connectivity index (χ0v) is 5.35. The predicted molar refractivity (Wildman–Crippen MR) is 37.1 cm³/mol. The molecule has 0 aromatic carbocycles. The zero-order valence-electron chi connectivity index (χ0n) is 4.53. The van der Waals surface area contributed by atoms with Crippen molar-refractivity contribution in [3.8, 4) is 0 Å². The average molecular weight is 128 g/mol. The Morgan fingerprint density at radius 1 is 1.38 bits per heavy atom. The first-order valence-corrected chi connectivity index (χ1v) is 3.58. The van der Waals surface area contributed by atoms with Gasteiger partial charge in [0.15, 0.2) is 0 Å². The Kier molecular flexibility index (Phi) is 1.68. The molecule has 1 aliphatic rings. The van der Waals surface area contributed by atoms with Crippen molar-refractivity contribution in [1.82, 2.24) is 0 Å². The lowest BCUT2D eigenvalue weighted by Gasteiger charge is -2.09. The third kappa shape index (κ3) is 1.10. The van der Waals surface area contributed by atoms with E-state index < -0.39 is 0 Å². The van der Waals surface area contributed by atoms with Crippen LogP contribution in [0, 0.1) is 10.8 Å². The molecular weight excluding hydrogens is 120 g/mol. The van der Waals surface area contributed by atoms with Crippen LogP contribution in [0.25, 0.3) is 0 Å². The third-order valence-corrected chi connectivity index (χ3v) is 2.12. The lowest BCUT2D eigenvalue weighted by Crippen LogP contribution is -2.13. The highest BCUT2D eigenvalue weighted by atomic mass is 32.2. The molecule has 1 saturated heterocycles. The van der Waals surface area contributed by atoms with Gasteiger partial charge in [0.05, 0.1) is 5.71 Å². The van der Waals surface area contributed by atoms with Gasteiger partial charge in [-0.2, -0.15) is 0 Å². The van der Waals surface area contributed by atoms with Crippen molar-refractivity contribution in [1.29, 1.82) is 10.8 Å². The molecule has 1 rings (SSSR count). The summed E-state index contributed by atoms with van der Waals surface area (Å²) < 4.78 is 0. The molecule has 0 unspecified atom stereocenters. The first-order valence-electron chi connectivity index (χ1n) is 2.60. The van der Waals surface area contributed by atoms with E-state index in [0.29, 0.717) is 10.8 Å². The molecule has 44 valence electrons. The lowest BCUT2D eigenvalue weighted by molar-refractivity contribution is 1.00. The predicted octanol–water partition coefficient (Wildman–Crippen LogP) is 1.51. The molecule has 1 aliphatic heterocycles. The van der Waals surface area contributed by atoms with E-state index in [1.54, 1.807) is 0 Å². The maximum atomic E-state index is 7.15. The highest BCUT2D eigenvalue weighted by Crippen LogP contribution is 2.15. The average Bonchev–Trinajstić information content (AvgIpc) is 1.77. The second-order valence-corrected chi connectivity index (χ2v) is 2.86. The van der Waals surface area contributed by atoms with E-state index in [4.69, 9.17) is 10.8 Å². The van der Waals surface area contributed by atoms with E-state index in [1.165, 1.54) is 11.8 Å². The molecule has 0 amide bonds. The summed E-state index contributed by atoms with van der Waals surface area (Å²) in [6.07, 6.45) is 1.89. The Hall–Kier alpha value is -0.310. The second kappa shape index (κ2) is 2.31. The molecule has 1 heterocycles. The minimum atomic E-state index is 0.469. The maximum Gasteiger partial charge on any atom is 0.108 e. The summed E-state index contributed by atoms with van der Waals surface area (Å²) >= 11 is 1.48. The van der Waals surface area contributed by atoms with E-state index >= 15 is 0 Å². The third-order valence-electron chi connectivity index (χ3n) is 1.09. The van der Waals surface area contributed by atoms with Crippen LogP contribution in [0.4, 0.5) is 0 Å². The maximum absolute atomic E-state index is 7.15. The van der Waals surface area contributed by atoms with Crippen molar-refractivity contribution in [2.24, 2.45) is 0 Å². The molecular formula is C5H8N2S. The van der Waals surface area contributed by atoms with Crippen molar-refractivity contribution in [2.45, 2.75) is 12.8 Å². The van der Waals surface area contributed by atoms with Gasteiger partial charge in [-0.25, -0.2) is 0 Å². The fraction of sp³-hybridized carbons (Fsp3) is 0.600. The van der Waals surface area contributed by atoms with Crippen molar-refractivity contribution in [3.05, 3.63) is 0 Å². The van der Waals surface area contributed by atoms with Crippen LogP contribution < -0.4 is 0 Å². The minimum Gasteiger partial charge on any atom is -0.303 e. The molecule has 3 heteroatoms. The highest BCUT2D eigenvalue weighted by molar-refractivity contribution is 8.15. The summed E-state index contributed by atoms with van der Waals surface area (Å²) in [7, 11) is 0. The lowest BCUT2D eigenvalue weighted by atomic mass is 10.2. The van der Waals surface area contributed by atoms with E-state index in [9.17, 15) is 0 Å². The van der Waals surface area contributed by atoms with Crippen molar-refractivity contribution in [2.75, 3.05) is 5.75 Å². The molecule has 0 radical (unpaired) electrons. The van der Waals surface area contributed by atoms with Crippen molar-refractivity contribution < 1.29 is 0 Å². The van der Waals surface area contributed by atoms with Gasteiger partial charge < -0.3 is 5.41 Å². The number of rotatable bonds is 0. The molecule has 0 atom stereocenters. The van der Waals surface area contributed by atoms with Gasteiger partial charge in [-0.05, 0) is 18.6 Å². The monoisotopic (exact) mass is 128 g/mol. The molecule has 0 spiro atoms. The van der Waals surface area contributed by atoms with E-state index in [2.05, 4.69) is 0 Å². The van der Waals surface area contributed by atoms with Crippen LogP contribution >= 0.6 is 11.8 Å².